The number of rotatable bonds is 52. The summed E-state index contributed by atoms with van der Waals surface area (Å²) < 4.78 is 18.5. The third-order valence-electron chi connectivity index (χ3n) is 15.3. The smallest absolute Gasteiger partial charge is 0.325 e. The topological polar surface area (TPSA) is 94.2 Å². The van der Waals surface area contributed by atoms with E-state index in [4.69, 9.17) is 13.9 Å². The molecule has 0 spiro atoms. The monoisotopic (exact) mass is 1120 g/mol. The second kappa shape index (κ2) is 47.3. The Morgan fingerprint density at radius 3 is 1.53 bits per heavy atom. The molecular formula is C66H116N2O6S2Si. The van der Waals surface area contributed by atoms with Crippen LogP contribution in [0, 0.1) is 5.92 Å². The number of esters is 2. The van der Waals surface area contributed by atoms with Crippen LogP contribution in [0.3, 0.4) is 0 Å². The molecule has 2 unspecified atom stereocenters. The second-order valence-electron chi connectivity index (χ2n) is 23.2. The van der Waals surface area contributed by atoms with Gasteiger partial charge in [0.15, 0.2) is 0 Å². The van der Waals surface area contributed by atoms with E-state index in [0.29, 0.717) is 38.0 Å². The van der Waals surface area contributed by atoms with E-state index in [1.165, 1.54) is 136 Å². The van der Waals surface area contributed by atoms with Crippen molar-refractivity contribution >= 4 is 60.1 Å². The lowest BCUT2D eigenvalue weighted by Gasteiger charge is -2.43. The molecule has 0 saturated heterocycles. The van der Waals surface area contributed by atoms with Crippen LogP contribution in [0.1, 0.15) is 253 Å². The number of nitrogens with one attached hydrogen (secondary N) is 1. The first kappa shape index (κ1) is 70.8. The van der Waals surface area contributed by atoms with Gasteiger partial charge in [-0.2, -0.15) is 23.5 Å². The SMILES string of the molecule is CCCCCCCCC(CCCCCC)CC(=O)N(C)CC(=O)OCCCCCC(CCCCCOC(=O)CCCCCCCCSCSCCCCC)NCCCCO[Si](c1ccccc1)(c1ccccc1)C(C)(C)C. The van der Waals surface area contributed by atoms with Gasteiger partial charge >= 0.3 is 11.9 Å². The molecule has 11 heteroatoms. The fraction of sp³-hybridized carbons (Fsp3) is 0.773. The molecule has 8 nitrogen and oxygen atoms in total. The molecule has 2 rings (SSSR count). The first-order chi connectivity index (χ1) is 37.5. The average Bonchev–Trinajstić information content (AvgIpc) is 3.46. The highest BCUT2D eigenvalue weighted by Crippen LogP contribution is 2.37. The van der Waals surface area contributed by atoms with Crippen LogP contribution in [-0.4, -0.2) is 93.7 Å². The van der Waals surface area contributed by atoms with Gasteiger partial charge in [-0.05, 0) is 110 Å². The number of hydrogen-bond donors (Lipinski definition) is 1. The summed E-state index contributed by atoms with van der Waals surface area (Å²) in [5, 5.41) is 7.75. The Morgan fingerprint density at radius 2 is 0.974 bits per heavy atom. The van der Waals surface area contributed by atoms with Crippen molar-refractivity contribution < 1.29 is 28.3 Å². The lowest BCUT2D eigenvalue weighted by Crippen LogP contribution is -2.66. The van der Waals surface area contributed by atoms with Crippen LogP contribution in [0.4, 0.5) is 0 Å². The van der Waals surface area contributed by atoms with E-state index in [2.05, 4.69) is 131 Å². The molecule has 0 radical (unpaired) electrons. The zero-order valence-electron chi connectivity index (χ0n) is 50.6. The number of thioether (sulfide) groups is 2. The molecule has 0 aliphatic carbocycles. The highest BCUT2D eigenvalue weighted by Gasteiger charge is 2.50. The van der Waals surface area contributed by atoms with Crippen LogP contribution in [0.25, 0.3) is 0 Å². The minimum Gasteiger partial charge on any atom is -0.466 e. The van der Waals surface area contributed by atoms with Crippen LogP contribution >= 0.6 is 23.5 Å². The fourth-order valence-corrected chi connectivity index (χ4v) is 17.5. The first-order valence-corrected chi connectivity index (χ1v) is 35.9. The van der Waals surface area contributed by atoms with Gasteiger partial charge in [0.05, 0.1) is 13.2 Å². The number of ether oxygens (including phenoxy) is 2. The maximum Gasteiger partial charge on any atom is 0.325 e. The predicted molar refractivity (Wildman–Crippen MR) is 338 cm³/mol. The summed E-state index contributed by atoms with van der Waals surface area (Å²) in [6.45, 7) is 16.4. The molecule has 0 aromatic heterocycles. The van der Waals surface area contributed by atoms with E-state index in [1.54, 1.807) is 11.9 Å². The molecule has 2 aromatic rings. The molecule has 1 N–H and O–H groups in total. The summed E-state index contributed by atoms with van der Waals surface area (Å²) in [7, 11) is -0.805. The Hall–Kier alpha value is -2.31. The highest BCUT2D eigenvalue weighted by molar-refractivity contribution is 8.15. The molecule has 442 valence electrons. The number of likely N-dealkylation sites (N-methyl/N-ethyl adjacent to an activating group) is 1. The standard InChI is InChI=1S/C66H116N2O6S2Si/c1-8-11-14-16-19-27-42-59(41-26-15-12-9-2)56-63(69)68(7)57-65(71)73-52-37-25-29-44-60(43-28-24-36-51-72-64(70)49-34-20-17-18-21-40-55-76-58-75-54-39-13-10-3)67-50-35-38-53-74-77(66(4,5)6,61-45-30-22-31-46-61)62-47-32-23-33-48-62/h22-23,30-33,45-48,59-60,67H,8-21,24-29,34-44,49-58H2,1-7H3. The summed E-state index contributed by atoms with van der Waals surface area (Å²) in [6.07, 6.45) is 37.0. The third-order valence-corrected chi connectivity index (χ3v) is 22.9. The molecule has 77 heavy (non-hydrogen) atoms. The van der Waals surface area contributed by atoms with Crippen molar-refractivity contribution in [2.45, 2.75) is 265 Å². The number of hydrogen-bond acceptors (Lipinski definition) is 9. The Labute approximate surface area is 483 Å². The first-order valence-electron chi connectivity index (χ1n) is 31.7. The van der Waals surface area contributed by atoms with Crippen molar-refractivity contribution in [2.75, 3.05) is 56.5 Å². The maximum atomic E-state index is 13.3. The van der Waals surface area contributed by atoms with Gasteiger partial charge in [0.1, 0.15) is 6.54 Å². The van der Waals surface area contributed by atoms with Crippen LogP contribution in [0.5, 0.6) is 0 Å². The predicted octanol–water partition coefficient (Wildman–Crippen LogP) is 17.0. The third kappa shape index (κ3) is 34.6. The quantitative estimate of drug-likeness (QED) is 0.0301. The van der Waals surface area contributed by atoms with Crippen LogP contribution < -0.4 is 15.7 Å². The van der Waals surface area contributed by atoms with Crippen molar-refractivity contribution in [1.29, 1.82) is 0 Å². The number of unbranched alkanes of at least 4 members (excludes halogenated alkanes) is 20. The zero-order valence-corrected chi connectivity index (χ0v) is 53.3. The van der Waals surface area contributed by atoms with Gasteiger partial charge < -0.3 is 24.1 Å². The molecule has 2 aromatic carbocycles. The summed E-state index contributed by atoms with van der Waals surface area (Å²) in [6, 6.07) is 22.2. The van der Waals surface area contributed by atoms with Gasteiger partial charge in [0, 0.05) is 37.6 Å². The zero-order chi connectivity index (χ0) is 55.9. The average molecular weight is 1130 g/mol. The van der Waals surface area contributed by atoms with Gasteiger partial charge in [0.25, 0.3) is 8.32 Å². The van der Waals surface area contributed by atoms with E-state index in [-0.39, 0.29) is 29.4 Å². The van der Waals surface area contributed by atoms with Crippen molar-refractivity contribution in [3.8, 4) is 0 Å². The number of amides is 1. The molecule has 0 fully saturated rings. The molecule has 0 aliphatic heterocycles. The number of benzene rings is 2. The van der Waals surface area contributed by atoms with Crippen molar-refractivity contribution in [2.24, 2.45) is 5.92 Å². The van der Waals surface area contributed by atoms with Gasteiger partial charge in [-0.25, -0.2) is 0 Å². The fourth-order valence-electron chi connectivity index (χ4n) is 10.6. The molecule has 2 atom stereocenters. The minimum atomic E-state index is -2.56. The van der Waals surface area contributed by atoms with Crippen LogP contribution in [0.2, 0.25) is 5.04 Å². The second-order valence-corrected chi connectivity index (χ2v) is 30.1. The normalized spacial score (nSPS) is 12.7. The number of carbonyl (C=O) groups is 3. The Bertz CT molecular complexity index is 1660. The molecular weight excluding hydrogens is 1010 g/mol. The van der Waals surface area contributed by atoms with E-state index in [1.807, 2.05) is 0 Å². The van der Waals surface area contributed by atoms with Crippen LogP contribution in [0.15, 0.2) is 60.7 Å². The lowest BCUT2D eigenvalue weighted by atomic mass is 9.91. The summed E-state index contributed by atoms with van der Waals surface area (Å²) in [5.41, 5.74) is 0. The van der Waals surface area contributed by atoms with Crippen molar-refractivity contribution in [1.82, 2.24) is 10.2 Å². The van der Waals surface area contributed by atoms with E-state index < -0.39 is 8.32 Å². The molecule has 0 aliphatic rings. The van der Waals surface area contributed by atoms with E-state index in [0.717, 1.165) is 103 Å². The molecule has 1 amide bonds. The Kier molecular flexibility index (Phi) is 43.5. The Balaban J connectivity index is 1.80. The summed E-state index contributed by atoms with van der Waals surface area (Å²) >= 11 is 4.18. The van der Waals surface area contributed by atoms with Gasteiger partial charge in [0.2, 0.25) is 5.91 Å². The van der Waals surface area contributed by atoms with Crippen molar-refractivity contribution in [3.05, 3.63) is 60.7 Å². The summed E-state index contributed by atoms with van der Waals surface area (Å²) in [5.74, 6) is 2.69. The van der Waals surface area contributed by atoms with E-state index >= 15 is 0 Å². The van der Waals surface area contributed by atoms with Crippen LogP contribution in [-0.2, 0) is 28.3 Å². The Morgan fingerprint density at radius 1 is 0.532 bits per heavy atom. The van der Waals surface area contributed by atoms with Crippen molar-refractivity contribution in [3.63, 3.8) is 0 Å². The van der Waals surface area contributed by atoms with Gasteiger partial charge in [-0.15, -0.1) is 0 Å². The van der Waals surface area contributed by atoms with Gasteiger partial charge in [-0.3, -0.25) is 14.4 Å². The lowest BCUT2D eigenvalue weighted by molar-refractivity contribution is -0.149. The molecule has 0 saturated carbocycles. The molecule has 0 bridgehead atoms. The largest absolute Gasteiger partial charge is 0.466 e. The maximum absolute atomic E-state index is 13.3. The molecule has 0 heterocycles. The highest BCUT2D eigenvalue weighted by atomic mass is 32.2. The van der Waals surface area contributed by atoms with Gasteiger partial charge in [-0.1, -0.05) is 231 Å². The summed E-state index contributed by atoms with van der Waals surface area (Å²) in [4.78, 5) is 40.3. The minimum absolute atomic E-state index is 0.0189. The number of nitrogens with zero attached hydrogens (tertiary/aromatic N) is 1. The van der Waals surface area contributed by atoms with E-state index in [9.17, 15) is 14.4 Å². The number of carbonyl (C=O) groups excluding carboxylic acids is 3.